The number of amides is 1. The number of hydrogen-bond donors (Lipinski definition) is 0. The average molecular weight is 205 g/mol. The van der Waals surface area contributed by atoms with Crippen molar-refractivity contribution in [3.8, 4) is 5.75 Å². The van der Waals surface area contributed by atoms with E-state index in [1.54, 1.807) is 19.1 Å². The van der Waals surface area contributed by atoms with Crippen molar-refractivity contribution in [2.24, 2.45) is 0 Å². The fraction of sp³-hybridized carbons (Fsp3) is 0.417. The van der Waals surface area contributed by atoms with E-state index in [1.807, 2.05) is 13.0 Å². The summed E-state index contributed by atoms with van der Waals surface area (Å²) in [6.45, 7) is 2.04. The van der Waals surface area contributed by atoms with Crippen LogP contribution in [0.15, 0.2) is 12.1 Å². The quantitative estimate of drug-likeness (QED) is 0.701. The lowest BCUT2D eigenvalue weighted by Gasteiger charge is -2.27. The molecule has 0 aliphatic carbocycles. The molecule has 0 atom stereocenters. The standard InChI is InChI=1S/C12H15NO2/c1-8-6-9-4-5-11(14)13(2)12(9)10(7-8)15-3/h6-7H,4-5H2,1-3H3. The van der Waals surface area contributed by atoms with Gasteiger partial charge in [0, 0.05) is 13.5 Å². The third-order valence-corrected chi connectivity index (χ3v) is 2.84. The van der Waals surface area contributed by atoms with Crippen molar-refractivity contribution in [3.63, 3.8) is 0 Å². The molecule has 1 aliphatic heterocycles. The van der Waals surface area contributed by atoms with E-state index in [1.165, 1.54) is 11.1 Å². The van der Waals surface area contributed by atoms with E-state index < -0.39 is 0 Å². The predicted octanol–water partition coefficient (Wildman–Crippen LogP) is 1.91. The average Bonchev–Trinajstić information content (AvgIpc) is 2.22. The molecule has 15 heavy (non-hydrogen) atoms. The van der Waals surface area contributed by atoms with E-state index in [4.69, 9.17) is 4.74 Å². The first kappa shape index (κ1) is 10.0. The summed E-state index contributed by atoms with van der Waals surface area (Å²) in [5.74, 6) is 0.949. The lowest BCUT2D eigenvalue weighted by Crippen LogP contribution is -2.31. The summed E-state index contributed by atoms with van der Waals surface area (Å²) in [4.78, 5) is 13.3. The van der Waals surface area contributed by atoms with Crippen molar-refractivity contribution in [1.82, 2.24) is 0 Å². The van der Waals surface area contributed by atoms with Crippen LogP contribution in [0.4, 0.5) is 5.69 Å². The van der Waals surface area contributed by atoms with Gasteiger partial charge in [0.05, 0.1) is 12.8 Å². The first-order valence-corrected chi connectivity index (χ1v) is 5.07. The molecule has 0 bridgehead atoms. The molecule has 0 N–H and O–H groups in total. The third kappa shape index (κ3) is 1.58. The highest BCUT2D eigenvalue weighted by Gasteiger charge is 2.24. The van der Waals surface area contributed by atoms with Crippen molar-refractivity contribution >= 4 is 11.6 Å². The van der Waals surface area contributed by atoms with Crippen molar-refractivity contribution in [3.05, 3.63) is 23.3 Å². The number of carbonyl (C=O) groups is 1. The van der Waals surface area contributed by atoms with Crippen LogP contribution in [0.2, 0.25) is 0 Å². The number of benzene rings is 1. The van der Waals surface area contributed by atoms with Gasteiger partial charge in [-0.25, -0.2) is 0 Å². The minimum atomic E-state index is 0.157. The van der Waals surface area contributed by atoms with Crippen LogP contribution in [0.5, 0.6) is 5.75 Å². The Morgan fingerprint density at radius 3 is 2.73 bits per heavy atom. The molecule has 0 spiro atoms. The maximum Gasteiger partial charge on any atom is 0.227 e. The summed E-state index contributed by atoms with van der Waals surface area (Å²) in [5.41, 5.74) is 3.31. The number of rotatable bonds is 1. The van der Waals surface area contributed by atoms with Crippen LogP contribution in [-0.2, 0) is 11.2 Å². The lowest BCUT2D eigenvalue weighted by molar-refractivity contribution is -0.118. The van der Waals surface area contributed by atoms with Gasteiger partial charge in [0.2, 0.25) is 5.91 Å². The number of ether oxygens (including phenoxy) is 1. The summed E-state index contributed by atoms with van der Waals surface area (Å²) >= 11 is 0. The first-order valence-electron chi connectivity index (χ1n) is 5.07. The van der Waals surface area contributed by atoms with Gasteiger partial charge in [0.1, 0.15) is 5.75 Å². The second-order valence-corrected chi connectivity index (χ2v) is 3.93. The molecular weight excluding hydrogens is 190 g/mol. The predicted molar refractivity (Wildman–Crippen MR) is 59.5 cm³/mol. The third-order valence-electron chi connectivity index (χ3n) is 2.84. The molecule has 3 heteroatoms. The summed E-state index contributed by atoms with van der Waals surface area (Å²) in [6, 6.07) is 4.09. The van der Waals surface area contributed by atoms with Crippen LogP contribution in [-0.4, -0.2) is 20.1 Å². The van der Waals surface area contributed by atoms with E-state index >= 15 is 0 Å². The Hall–Kier alpha value is -1.51. The normalized spacial score (nSPS) is 15.1. The van der Waals surface area contributed by atoms with Gasteiger partial charge in [0.25, 0.3) is 0 Å². The largest absolute Gasteiger partial charge is 0.495 e. The maximum absolute atomic E-state index is 11.6. The second kappa shape index (κ2) is 3.57. The molecule has 1 aliphatic rings. The van der Waals surface area contributed by atoms with Gasteiger partial charge >= 0.3 is 0 Å². The highest BCUT2D eigenvalue weighted by atomic mass is 16.5. The minimum absolute atomic E-state index is 0.157. The molecule has 0 saturated heterocycles. The highest BCUT2D eigenvalue weighted by molar-refractivity contribution is 5.97. The number of methoxy groups -OCH3 is 1. The molecule has 2 rings (SSSR count). The monoisotopic (exact) mass is 205 g/mol. The molecule has 3 nitrogen and oxygen atoms in total. The molecule has 0 radical (unpaired) electrons. The lowest BCUT2D eigenvalue weighted by atomic mass is 9.99. The topological polar surface area (TPSA) is 29.5 Å². The number of anilines is 1. The molecule has 1 heterocycles. The smallest absolute Gasteiger partial charge is 0.227 e. The zero-order valence-electron chi connectivity index (χ0n) is 9.33. The second-order valence-electron chi connectivity index (χ2n) is 3.93. The maximum atomic E-state index is 11.6. The molecule has 0 unspecified atom stereocenters. The van der Waals surface area contributed by atoms with Gasteiger partial charge in [-0.3, -0.25) is 4.79 Å². The number of carbonyl (C=O) groups excluding carboxylic acids is 1. The van der Waals surface area contributed by atoms with Gasteiger partial charge < -0.3 is 9.64 Å². The number of fused-ring (bicyclic) bond motifs is 1. The Kier molecular flexibility index (Phi) is 2.39. The first-order chi connectivity index (χ1) is 7.13. The van der Waals surface area contributed by atoms with Crippen molar-refractivity contribution in [1.29, 1.82) is 0 Å². The molecule has 1 amide bonds. The van der Waals surface area contributed by atoms with Gasteiger partial charge in [-0.1, -0.05) is 6.07 Å². The van der Waals surface area contributed by atoms with Crippen LogP contribution < -0.4 is 9.64 Å². The van der Waals surface area contributed by atoms with Gasteiger partial charge in [-0.2, -0.15) is 0 Å². The van der Waals surface area contributed by atoms with Crippen LogP contribution >= 0.6 is 0 Å². The van der Waals surface area contributed by atoms with E-state index in [-0.39, 0.29) is 5.91 Å². The Morgan fingerprint density at radius 2 is 2.07 bits per heavy atom. The molecule has 1 aromatic carbocycles. The molecule has 0 saturated carbocycles. The highest BCUT2D eigenvalue weighted by Crippen LogP contribution is 2.36. The molecule has 80 valence electrons. The molecule has 0 aromatic heterocycles. The minimum Gasteiger partial charge on any atom is -0.495 e. The zero-order valence-corrected chi connectivity index (χ0v) is 9.33. The Morgan fingerprint density at radius 1 is 1.33 bits per heavy atom. The number of hydrogen-bond acceptors (Lipinski definition) is 2. The summed E-state index contributed by atoms with van der Waals surface area (Å²) in [5, 5.41) is 0. The SMILES string of the molecule is COc1cc(C)cc2c1N(C)C(=O)CC2. The van der Waals surface area contributed by atoms with Crippen LogP contribution in [0.25, 0.3) is 0 Å². The van der Waals surface area contributed by atoms with Gasteiger partial charge in [-0.05, 0) is 30.5 Å². The summed E-state index contributed by atoms with van der Waals surface area (Å²) in [6.07, 6.45) is 1.41. The number of aryl methyl sites for hydroxylation is 2. The van der Waals surface area contributed by atoms with Crippen molar-refractivity contribution in [2.45, 2.75) is 19.8 Å². The zero-order chi connectivity index (χ0) is 11.0. The number of nitrogens with zero attached hydrogens (tertiary/aromatic N) is 1. The van der Waals surface area contributed by atoms with Crippen molar-refractivity contribution < 1.29 is 9.53 Å². The summed E-state index contributed by atoms with van der Waals surface area (Å²) < 4.78 is 5.32. The van der Waals surface area contributed by atoms with Crippen LogP contribution in [0.1, 0.15) is 17.5 Å². The van der Waals surface area contributed by atoms with E-state index in [9.17, 15) is 4.79 Å². The molecular formula is C12H15NO2. The van der Waals surface area contributed by atoms with Crippen LogP contribution in [0, 0.1) is 6.92 Å². The van der Waals surface area contributed by atoms with E-state index in [0.29, 0.717) is 6.42 Å². The van der Waals surface area contributed by atoms with E-state index in [2.05, 4.69) is 6.07 Å². The fourth-order valence-electron chi connectivity index (χ4n) is 2.08. The molecule has 0 fully saturated rings. The fourth-order valence-corrected chi connectivity index (χ4v) is 2.08. The Bertz CT molecular complexity index is 395. The summed E-state index contributed by atoms with van der Waals surface area (Å²) in [7, 11) is 3.44. The van der Waals surface area contributed by atoms with Crippen LogP contribution in [0.3, 0.4) is 0 Å². The Balaban J connectivity index is 2.59. The Labute approximate surface area is 89.7 Å². The molecule has 1 aromatic rings. The van der Waals surface area contributed by atoms with E-state index in [0.717, 1.165) is 17.9 Å². The van der Waals surface area contributed by atoms with Gasteiger partial charge in [-0.15, -0.1) is 0 Å². The van der Waals surface area contributed by atoms with Crippen molar-refractivity contribution in [2.75, 3.05) is 19.1 Å². The van der Waals surface area contributed by atoms with Gasteiger partial charge in [0.15, 0.2) is 0 Å².